The predicted molar refractivity (Wildman–Crippen MR) is 77.4 cm³/mol. The molecule has 21 heavy (non-hydrogen) atoms. The molecule has 0 unspecified atom stereocenters. The van der Waals surface area contributed by atoms with E-state index >= 15 is 0 Å². The number of hydrogen-bond donors (Lipinski definition) is 1. The lowest BCUT2D eigenvalue weighted by Crippen LogP contribution is -2.20. The molecule has 0 aliphatic heterocycles. The first kappa shape index (κ1) is 15.3. The Morgan fingerprint density at radius 3 is 2.76 bits per heavy atom. The van der Waals surface area contributed by atoms with Gasteiger partial charge in [0.2, 0.25) is 0 Å². The molecule has 0 aliphatic rings. The number of carboxylic acid groups (broad SMARTS) is 1. The first-order chi connectivity index (χ1) is 9.95. The standard InChI is InChI=1S/C16H18FNO3/c1-11-9-12(17)3-5-14(11)15-6-4-13(21-15)10-18(2)8-7-16(19)20/h3-6,9H,7-8,10H2,1-2H3,(H,19,20). The van der Waals surface area contributed by atoms with Crippen LogP contribution >= 0.6 is 0 Å². The normalized spacial score (nSPS) is 11.0. The summed E-state index contributed by atoms with van der Waals surface area (Å²) in [4.78, 5) is 12.4. The molecule has 1 aromatic carbocycles. The van der Waals surface area contributed by atoms with Crippen LogP contribution in [0.1, 0.15) is 17.7 Å². The van der Waals surface area contributed by atoms with Gasteiger partial charge in [0.05, 0.1) is 13.0 Å². The van der Waals surface area contributed by atoms with Gasteiger partial charge in [0.25, 0.3) is 0 Å². The molecular formula is C16H18FNO3. The summed E-state index contributed by atoms with van der Waals surface area (Å²) < 4.78 is 18.9. The minimum Gasteiger partial charge on any atom is -0.481 e. The smallest absolute Gasteiger partial charge is 0.304 e. The lowest BCUT2D eigenvalue weighted by molar-refractivity contribution is -0.137. The second kappa shape index (κ2) is 6.54. The SMILES string of the molecule is Cc1cc(F)ccc1-c1ccc(CN(C)CCC(=O)O)o1. The molecule has 0 fully saturated rings. The fraction of sp³-hybridized carbons (Fsp3) is 0.312. The molecule has 0 radical (unpaired) electrons. The van der Waals surface area contributed by atoms with Gasteiger partial charge in [-0.15, -0.1) is 0 Å². The van der Waals surface area contributed by atoms with Gasteiger partial charge >= 0.3 is 5.97 Å². The molecule has 0 aliphatic carbocycles. The molecule has 4 nitrogen and oxygen atoms in total. The third-order valence-electron chi connectivity index (χ3n) is 3.25. The molecule has 0 saturated heterocycles. The summed E-state index contributed by atoms with van der Waals surface area (Å²) in [7, 11) is 1.84. The van der Waals surface area contributed by atoms with E-state index < -0.39 is 5.97 Å². The molecule has 2 aromatic rings. The first-order valence-electron chi connectivity index (χ1n) is 6.71. The Morgan fingerprint density at radius 2 is 2.10 bits per heavy atom. The van der Waals surface area contributed by atoms with Crippen molar-refractivity contribution >= 4 is 5.97 Å². The Kier molecular flexibility index (Phi) is 4.75. The second-order valence-corrected chi connectivity index (χ2v) is 5.11. The van der Waals surface area contributed by atoms with Gasteiger partial charge in [-0.3, -0.25) is 9.69 Å². The quantitative estimate of drug-likeness (QED) is 0.887. The molecule has 1 N–H and O–H groups in total. The molecular weight excluding hydrogens is 273 g/mol. The summed E-state index contributed by atoms with van der Waals surface area (Å²) in [5.74, 6) is 0.358. The molecule has 0 amide bonds. The van der Waals surface area contributed by atoms with Crippen LogP contribution in [-0.4, -0.2) is 29.6 Å². The number of nitrogens with zero attached hydrogens (tertiary/aromatic N) is 1. The molecule has 1 aromatic heterocycles. The van der Waals surface area contributed by atoms with Crippen LogP contribution in [0.3, 0.4) is 0 Å². The van der Waals surface area contributed by atoms with Gasteiger partial charge in [0.15, 0.2) is 0 Å². The van der Waals surface area contributed by atoms with Crippen molar-refractivity contribution in [2.75, 3.05) is 13.6 Å². The zero-order valence-corrected chi connectivity index (χ0v) is 12.1. The van der Waals surface area contributed by atoms with E-state index in [9.17, 15) is 9.18 Å². The van der Waals surface area contributed by atoms with E-state index in [0.717, 1.165) is 16.9 Å². The highest BCUT2D eigenvalue weighted by molar-refractivity contribution is 5.66. The van der Waals surface area contributed by atoms with Crippen molar-refractivity contribution in [3.8, 4) is 11.3 Å². The van der Waals surface area contributed by atoms with Crippen LogP contribution in [0.4, 0.5) is 4.39 Å². The summed E-state index contributed by atoms with van der Waals surface area (Å²) in [6.07, 6.45) is 0.0983. The van der Waals surface area contributed by atoms with Crippen LogP contribution in [0.2, 0.25) is 0 Å². The van der Waals surface area contributed by atoms with Crippen LogP contribution in [0.15, 0.2) is 34.7 Å². The van der Waals surface area contributed by atoms with E-state index in [2.05, 4.69) is 0 Å². The fourth-order valence-corrected chi connectivity index (χ4v) is 2.14. The Bertz CT molecular complexity index is 636. The van der Waals surface area contributed by atoms with Crippen LogP contribution in [0.5, 0.6) is 0 Å². The largest absolute Gasteiger partial charge is 0.481 e. The van der Waals surface area contributed by atoms with E-state index in [-0.39, 0.29) is 12.2 Å². The summed E-state index contributed by atoms with van der Waals surface area (Å²) in [6, 6.07) is 8.28. The maximum absolute atomic E-state index is 13.1. The van der Waals surface area contributed by atoms with Gasteiger partial charge in [-0.05, 0) is 49.9 Å². The molecule has 0 spiro atoms. The highest BCUT2D eigenvalue weighted by atomic mass is 19.1. The monoisotopic (exact) mass is 291 g/mol. The number of benzene rings is 1. The van der Waals surface area contributed by atoms with Crippen molar-refractivity contribution in [2.45, 2.75) is 19.9 Å². The van der Waals surface area contributed by atoms with E-state index in [1.165, 1.54) is 12.1 Å². The zero-order valence-electron chi connectivity index (χ0n) is 12.1. The predicted octanol–water partition coefficient (Wildman–Crippen LogP) is 3.30. The van der Waals surface area contributed by atoms with Crippen LogP contribution in [0.25, 0.3) is 11.3 Å². The number of rotatable bonds is 6. The summed E-state index contributed by atoms with van der Waals surface area (Å²) in [5.41, 5.74) is 1.67. The van der Waals surface area contributed by atoms with Gasteiger partial charge in [-0.2, -0.15) is 0 Å². The lowest BCUT2D eigenvalue weighted by atomic mass is 10.1. The highest BCUT2D eigenvalue weighted by Gasteiger charge is 2.10. The van der Waals surface area contributed by atoms with E-state index in [1.807, 2.05) is 31.0 Å². The average molecular weight is 291 g/mol. The number of carbonyl (C=O) groups is 1. The van der Waals surface area contributed by atoms with Crippen LogP contribution in [-0.2, 0) is 11.3 Å². The summed E-state index contributed by atoms with van der Waals surface area (Å²) in [6.45, 7) is 2.83. The molecule has 0 atom stereocenters. The van der Waals surface area contributed by atoms with E-state index in [0.29, 0.717) is 18.8 Å². The first-order valence-corrected chi connectivity index (χ1v) is 6.71. The van der Waals surface area contributed by atoms with Crippen molar-refractivity contribution in [3.05, 3.63) is 47.5 Å². The third-order valence-corrected chi connectivity index (χ3v) is 3.25. The van der Waals surface area contributed by atoms with Crippen LogP contribution < -0.4 is 0 Å². The van der Waals surface area contributed by atoms with Crippen molar-refractivity contribution < 1.29 is 18.7 Å². The number of carboxylic acids is 1. The summed E-state index contributed by atoms with van der Waals surface area (Å²) >= 11 is 0. The van der Waals surface area contributed by atoms with Crippen molar-refractivity contribution in [1.29, 1.82) is 0 Å². The Hall–Kier alpha value is -2.14. The molecule has 0 saturated carbocycles. The van der Waals surface area contributed by atoms with Gasteiger partial charge < -0.3 is 9.52 Å². The number of hydrogen-bond acceptors (Lipinski definition) is 3. The third kappa shape index (κ3) is 4.16. The van der Waals surface area contributed by atoms with Crippen molar-refractivity contribution in [3.63, 3.8) is 0 Å². The van der Waals surface area contributed by atoms with Gasteiger partial charge in [0, 0.05) is 12.1 Å². The average Bonchev–Trinajstić information content (AvgIpc) is 2.84. The number of halogens is 1. The Balaban J connectivity index is 2.05. The Morgan fingerprint density at radius 1 is 1.33 bits per heavy atom. The van der Waals surface area contributed by atoms with E-state index in [4.69, 9.17) is 9.52 Å². The maximum Gasteiger partial charge on any atom is 0.304 e. The topological polar surface area (TPSA) is 53.7 Å². The zero-order chi connectivity index (χ0) is 15.4. The molecule has 2 rings (SSSR count). The summed E-state index contributed by atoms with van der Waals surface area (Å²) in [5, 5.41) is 8.65. The number of aryl methyl sites for hydroxylation is 1. The van der Waals surface area contributed by atoms with Crippen LogP contribution in [0, 0.1) is 12.7 Å². The number of aliphatic carboxylic acids is 1. The molecule has 5 heteroatoms. The minimum absolute atomic E-state index is 0.0983. The van der Waals surface area contributed by atoms with Gasteiger partial charge in [0.1, 0.15) is 17.3 Å². The second-order valence-electron chi connectivity index (χ2n) is 5.11. The molecule has 1 heterocycles. The molecule has 0 bridgehead atoms. The lowest BCUT2D eigenvalue weighted by Gasteiger charge is -2.13. The molecule has 112 valence electrons. The Labute approximate surface area is 122 Å². The maximum atomic E-state index is 13.1. The van der Waals surface area contributed by atoms with Gasteiger partial charge in [-0.25, -0.2) is 4.39 Å². The minimum atomic E-state index is -0.816. The van der Waals surface area contributed by atoms with Crippen molar-refractivity contribution in [2.24, 2.45) is 0 Å². The van der Waals surface area contributed by atoms with Gasteiger partial charge in [-0.1, -0.05) is 0 Å². The van der Waals surface area contributed by atoms with E-state index in [1.54, 1.807) is 6.07 Å². The fourth-order valence-electron chi connectivity index (χ4n) is 2.14. The number of furan rings is 1. The van der Waals surface area contributed by atoms with Crippen molar-refractivity contribution in [1.82, 2.24) is 4.90 Å². The highest BCUT2D eigenvalue weighted by Crippen LogP contribution is 2.26.